The molecular weight excluding hydrogens is 424 g/mol. The van der Waals surface area contributed by atoms with Crippen molar-refractivity contribution in [3.8, 4) is 11.4 Å². The van der Waals surface area contributed by atoms with Crippen molar-refractivity contribution < 1.29 is 13.2 Å². The standard InChI is InChI=1S/C24H26N4O3S/c1-3-18-5-7-19(8-6-18)13-14-32(29,30)27-20-15-23-24(25-16-20)28(17-26-23)21-9-11-22(12-10-21)31-4-2/h5-12,15-17,27H,3-4,13-14H2,1-2H3. The van der Waals surface area contributed by atoms with Crippen LogP contribution in [-0.4, -0.2) is 35.3 Å². The summed E-state index contributed by atoms with van der Waals surface area (Å²) in [6.45, 7) is 4.64. The fourth-order valence-corrected chi connectivity index (χ4v) is 4.52. The van der Waals surface area contributed by atoms with Crippen LogP contribution in [-0.2, 0) is 22.9 Å². The molecule has 0 saturated heterocycles. The van der Waals surface area contributed by atoms with Gasteiger partial charge in [0.1, 0.15) is 17.6 Å². The van der Waals surface area contributed by atoms with E-state index in [1.807, 2.05) is 60.0 Å². The zero-order chi connectivity index (χ0) is 22.6. The molecule has 0 radical (unpaired) electrons. The molecule has 2 heterocycles. The minimum Gasteiger partial charge on any atom is -0.494 e. The van der Waals surface area contributed by atoms with E-state index < -0.39 is 10.0 Å². The number of ether oxygens (including phenoxy) is 1. The van der Waals surface area contributed by atoms with Crippen LogP contribution in [0.25, 0.3) is 16.9 Å². The van der Waals surface area contributed by atoms with Crippen molar-refractivity contribution in [1.82, 2.24) is 14.5 Å². The van der Waals surface area contributed by atoms with Gasteiger partial charge in [-0.3, -0.25) is 9.29 Å². The zero-order valence-corrected chi connectivity index (χ0v) is 19.0. The molecule has 0 spiro atoms. The van der Waals surface area contributed by atoms with Crippen LogP contribution in [0.2, 0.25) is 0 Å². The molecule has 32 heavy (non-hydrogen) atoms. The molecule has 0 fully saturated rings. The number of imidazole rings is 1. The van der Waals surface area contributed by atoms with E-state index in [2.05, 4.69) is 21.6 Å². The summed E-state index contributed by atoms with van der Waals surface area (Å²) in [7, 11) is -3.51. The summed E-state index contributed by atoms with van der Waals surface area (Å²) in [4.78, 5) is 8.83. The Labute approximate surface area is 188 Å². The highest BCUT2D eigenvalue weighted by molar-refractivity contribution is 7.92. The largest absolute Gasteiger partial charge is 0.494 e. The first-order chi connectivity index (χ1) is 15.5. The van der Waals surface area contributed by atoms with Crippen LogP contribution in [0, 0.1) is 0 Å². The lowest BCUT2D eigenvalue weighted by Crippen LogP contribution is -2.18. The Hall–Kier alpha value is -3.39. The van der Waals surface area contributed by atoms with Crippen molar-refractivity contribution >= 4 is 26.9 Å². The molecule has 0 aliphatic rings. The number of nitrogens with one attached hydrogen (secondary N) is 1. The Kier molecular flexibility index (Phi) is 6.41. The molecule has 166 valence electrons. The molecule has 2 aromatic carbocycles. The number of benzene rings is 2. The van der Waals surface area contributed by atoms with Gasteiger partial charge in [-0.05, 0) is 61.2 Å². The van der Waals surface area contributed by atoms with Crippen LogP contribution < -0.4 is 9.46 Å². The summed E-state index contributed by atoms with van der Waals surface area (Å²) in [5.74, 6) is 0.795. The maximum atomic E-state index is 12.6. The third-order valence-corrected chi connectivity index (χ3v) is 6.47. The van der Waals surface area contributed by atoms with Crippen LogP contribution in [0.5, 0.6) is 5.75 Å². The maximum absolute atomic E-state index is 12.6. The van der Waals surface area contributed by atoms with E-state index >= 15 is 0 Å². The molecule has 0 saturated carbocycles. The van der Waals surface area contributed by atoms with Crippen LogP contribution >= 0.6 is 0 Å². The molecule has 7 nitrogen and oxygen atoms in total. The number of rotatable bonds is 9. The van der Waals surface area contributed by atoms with E-state index in [4.69, 9.17) is 4.74 Å². The number of nitrogens with zero attached hydrogens (tertiary/aromatic N) is 3. The molecule has 0 aliphatic carbocycles. The Morgan fingerprint density at radius 2 is 1.69 bits per heavy atom. The highest BCUT2D eigenvalue weighted by Gasteiger charge is 2.13. The molecule has 0 unspecified atom stereocenters. The van der Waals surface area contributed by atoms with E-state index in [0.29, 0.717) is 29.9 Å². The van der Waals surface area contributed by atoms with Gasteiger partial charge in [-0.1, -0.05) is 31.2 Å². The highest BCUT2D eigenvalue weighted by Crippen LogP contribution is 2.22. The lowest BCUT2D eigenvalue weighted by Gasteiger charge is -2.09. The smallest absolute Gasteiger partial charge is 0.233 e. The first kappa shape index (κ1) is 21.8. The van der Waals surface area contributed by atoms with Crippen molar-refractivity contribution in [2.45, 2.75) is 26.7 Å². The van der Waals surface area contributed by atoms with Gasteiger partial charge in [0.15, 0.2) is 5.65 Å². The molecule has 4 rings (SSSR count). The molecule has 0 amide bonds. The van der Waals surface area contributed by atoms with Gasteiger partial charge in [0, 0.05) is 5.69 Å². The summed E-state index contributed by atoms with van der Waals surface area (Å²) in [6.07, 6.45) is 4.60. The summed E-state index contributed by atoms with van der Waals surface area (Å²) >= 11 is 0. The minimum atomic E-state index is -3.51. The molecule has 8 heteroatoms. The second-order valence-electron chi connectivity index (χ2n) is 7.45. The van der Waals surface area contributed by atoms with Crippen molar-refractivity contribution in [2.75, 3.05) is 17.1 Å². The van der Waals surface area contributed by atoms with E-state index in [9.17, 15) is 8.42 Å². The van der Waals surface area contributed by atoms with Gasteiger partial charge in [-0.2, -0.15) is 0 Å². The SMILES string of the molecule is CCOc1ccc(-n2cnc3cc(NS(=O)(=O)CCc4ccc(CC)cc4)cnc32)cc1. The van der Waals surface area contributed by atoms with Gasteiger partial charge in [0.2, 0.25) is 10.0 Å². The quantitative estimate of drug-likeness (QED) is 0.409. The number of anilines is 1. The lowest BCUT2D eigenvalue weighted by atomic mass is 10.1. The summed E-state index contributed by atoms with van der Waals surface area (Å²) in [6, 6.07) is 17.4. The highest BCUT2D eigenvalue weighted by atomic mass is 32.2. The van der Waals surface area contributed by atoms with Crippen LogP contribution in [0.3, 0.4) is 0 Å². The summed E-state index contributed by atoms with van der Waals surface area (Å²) < 4.78 is 35.1. The number of aromatic nitrogens is 3. The van der Waals surface area contributed by atoms with Gasteiger partial charge in [-0.25, -0.2) is 18.4 Å². The normalized spacial score (nSPS) is 11.6. The minimum absolute atomic E-state index is 0.00285. The lowest BCUT2D eigenvalue weighted by molar-refractivity contribution is 0.340. The molecule has 2 aromatic heterocycles. The predicted octanol–water partition coefficient (Wildman–Crippen LogP) is 4.37. The van der Waals surface area contributed by atoms with Crippen LogP contribution in [0.15, 0.2) is 67.1 Å². The van der Waals surface area contributed by atoms with Crippen molar-refractivity contribution in [3.63, 3.8) is 0 Å². The predicted molar refractivity (Wildman–Crippen MR) is 127 cm³/mol. The number of aryl methyl sites for hydroxylation is 2. The monoisotopic (exact) mass is 450 g/mol. The number of hydrogen-bond acceptors (Lipinski definition) is 5. The van der Waals surface area contributed by atoms with Crippen LogP contribution in [0.4, 0.5) is 5.69 Å². The van der Waals surface area contributed by atoms with Crippen LogP contribution in [0.1, 0.15) is 25.0 Å². The topological polar surface area (TPSA) is 86.1 Å². The van der Waals surface area contributed by atoms with E-state index in [0.717, 1.165) is 23.4 Å². The average Bonchev–Trinajstić information content (AvgIpc) is 3.22. The molecule has 0 atom stereocenters. The Morgan fingerprint density at radius 3 is 2.38 bits per heavy atom. The van der Waals surface area contributed by atoms with Crippen molar-refractivity contribution in [3.05, 3.63) is 78.2 Å². The molecular formula is C24H26N4O3S. The molecule has 0 aliphatic heterocycles. The van der Waals surface area contributed by atoms with Gasteiger partial charge in [0.25, 0.3) is 0 Å². The zero-order valence-electron chi connectivity index (χ0n) is 18.2. The fourth-order valence-electron chi connectivity index (χ4n) is 3.44. The third-order valence-electron chi connectivity index (χ3n) is 5.18. The average molecular weight is 451 g/mol. The fraction of sp³-hybridized carbons (Fsp3) is 0.250. The molecule has 0 bridgehead atoms. The first-order valence-corrected chi connectivity index (χ1v) is 12.3. The van der Waals surface area contributed by atoms with Gasteiger partial charge in [-0.15, -0.1) is 0 Å². The van der Waals surface area contributed by atoms with Gasteiger partial charge in [0.05, 0.1) is 24.2 Å². The summed E-state index contributed by atoms with van der Waals surface area (Å²) in [5, 5.41) is 0. The van der Waals surface area contributed by atoms with E-state index in [1.54, 1.807) is 12.4 Å². The van der Waals surface area contributed by atoms with Gasteiger partial charge < -0.3 is 4.74 Å². The number of fused-ring (bicyclic) bond motifs is 1. The second-order valence-corrected chi connectivity index (χ2v) is 9.29. The first-order valence-electron chi connectivity index (χ1n) is 10.6. The Morgan fingerprint density at radius 1 is 0.969 bits per heavy atom. The Bertz CT molecular complexity index is 1300. The second kappa shape index (κ2) is 9.40. The van der Waals surface area contributed by atoms with Crippen molar-refractivity contribution in [1.29, 1.82) is 0 Å². The van der Waals surface area contributed by atoms with E-state index in [1.165, 1.54) is 11.8 Å². The van der Waals surface area contributed by atoms with Gasteiger partial charge >= 0.3 is 0 Å². The molecule has 4 aromatic rings. The number of pyridine rings is 1. The number of hydrogen-bond donors (Lipinski definition) is 1. The molecule has 1 N–H and O–H groups in total. The van der Waals surface area contributed by atoms with E-state index in [-0.39, 0.29) is 5.75 Å². The third kappa shape index (κ3) is 5.08. The van der Waals surface area contributed by atoms with Crippen molar-refractivity contribution in [2.24, 2.45) is 0 Å². The number of sulfonamides is 1. The Balaban J connectivity index is 1.46. The summed E-state index contributed by atoms with van der Waals surface area (Å²) in [5.41, 5.74) is 4.78. The maximum Gasteiger partial charge on any atom is 0.233 e.